The highest BCUT2D eigenvalue weighted by Gasteiger charge is 2.23. The highest BCUT2D eigenvalue weighted by molar-refractivity contribution is 5.79. The van der Waals surface area contributed by atoms with Crippen molar-refractivity contribution in [1.82, 2.24) is 10.2 Å². The lowest BCUT2D eigenvalue weighted by Gasteiger charge is -2.19. The lowest BCUT2D eigenvalue weighted by atomic mass is 10.1. The molecule has 0 bridgehead atoms. The number of amides is 1. The molecule has 120 valence electrons. The van der Waals surface area contributed by atoms with Crippen molar-refractivity contribution >= 4 is 17.6 Å². The minimum atomic E-state index is -0.926. The molecule has 1 aromatic rings. The molecule has 22 heavy (non-hydrogen) atoms. The molecule has 1 aliphatic heterocycles. The molecule has 1 aromatic carbocycles. The number of anilines is 1. The normalized spacial score (nSPS) is 17.7. The Balaban J connectivity index is 1.70. The summed E-state index contributed by atoms with van der Waals surface area (Å²) in [5.74, 6) is -0.611. The van der Waals surface area contributed by atoms with Gasteiger partial charge in [0.1, 0.15) is 0 Å². The molecule has 1 amide bonds. The first kappa shape index (κ1) is 16.3. The fraction of sp³-hybridized carbons (Fsp3) is 0.500. The number of benzene rings is 1. The van der Waals surface area contributed by atoms with Crippen molar-refractivity contribution in [2.45, 2.75) is 6.42 Å². The van der Waals surface area contributed by atoms with Crippen molar-refractivity contribution < 1.29 is 14.7 Å². The van der Waals surface area contributed by atoms with Crippen molar-refractivity contribution in [2.24, 2.45) is 5.92 Å². The predicted molar refractivity (Wildman–Crippen MR) is 84.9 cm³/mol. The van der Waals surface area contributed by atoms with Gasteiger partial charge >= 0.3 is 5.97 Å². The van der Waals surface area contributed by atoms with E-state index in [-0.39, 0.29) is 19.0 Å². The van der Waals surface area contributed by atoms with Crippen molar-refractivity contribution in [1.29, 1.82) is 0 Å². The van der Waals surface area contributed by atoms with Gasteiger partial charge in [-0.15, -0.1) is 0 Å². The second-order valence-electron chi connectivity index (χ2n) is 5.81. The Labute approximate surface area is 130 Å². The largest absolute Gasteiger partial charge is 0.480 e. The van der Waals surface area contributed by atoms with Gasteiger partial charge in [0.2, 0.25) is 5.91 Å². The van der Waals surface area contributed by atoms with Gasteiger partial charge in [-0.05, 0) is 31.5 Å². The monoisotopic (exact) mass is 305 g/mol. The zero-order valence-corrected chi connectivity index (χ0v) is 12.9. The Morgan fingerprint density at radius 3 is 2.73 bits per heavy atom. The molecule has 0 radical (unpaired) electrons. The van der Waals surface area contributed by atoms with E-state index in [0.29, 0.717) is 12.5 Å². The van der Waals surface area contributed by atoms with E-state index in [9.17, 15) is 9.59 Å². The van der Waals surface area contributed by atoms with E-state index in [4.69, 9.17) is 5.11 Å². The number of carboxylic acid groups (broad SMARTS) is 1. The molecule has 2 N–H and O–H groups in total. The van der Waals surface area contributed by atoms with Crippen LogP contribution in [-0.4, -0.2) is 61.7 Å². The van der Waals surface area contributed by atoms with Gasteiger partial charge in [0, 0.05) is 25.3 Å². The molecule has 1 saturated heterocycles. The molecule has 1 aliphatic rings. The van der Waals surface area contributed by atoms with Gasteiger partial charge < -0.3 is 15.3 Å². The quantitative estimate of drug-likeness (QED) is 0.774. The number of hydrogen-bond acceptors (Lipinski definition) is 4. The molecular formula is C16H23N3O3. The third-order valence-corrected chi connectivity index (χ3v) is 3.81. The Morgan fingerprint density at radius 1 is 1.32 bits per heavy atom. The van der Waals surface area contributed by atoms with Crippen LogP contribution >= 0.6 is 0 Å². The van der Waals surface area contributed by atoms with Crippen LogP contribution in [0.15, 0.2) is 30.3 Å². The van der Waals surface area contributed by atoms with E-state index in [1.165, 1.54) is 10.6 Å². The van der Waals surface area contributed by atoms with E-state index in [1.807, 2.05) is 18.2 Å². The maximum Gasteiger partial charge on any atom is 0.317 e. The van der Waals surface area contributed by atoms with Gasteiger partial charge in [-0.2, -0.15) is 0 Å². The van der Waals surface area contributed by atoms with Gasteiger partial charge in [0.05, 0.1) is 13.1 Å². The van der Waals surface area contributed by atoms with Crippen LogP contribution in [0.1, 0.15) is 6.42 Å². The number of carbonyl (C=O) groups is 2. The zero-order valence-electron chi connectivity index (χ0n) is 12.9. The molecule has 0 spiro atoms. The number of nitrogens with one attached hydrogen (secondary N) is 1. The number of hydrogen-bond donors (Lipinski definition) is 2. The molecule has 1 fully saturated rings. The molecule has 1 atom stereocenters. The van der Waals surface area contributed by atoms with Gasteiger partial charge in [-0.3, -0.25) is 14.5 Å². The van der Waals surface area contributed by atoms with E-state index in [0.717, 1.165) is 19.5 Å². The molecule has 0 aliphatic carbocycles. The Hall–Kier alpha value is -2.08. The molecule has 2 rings (SSSR count). The van der Waals surface area contributed by atoms with E-state index in [1.54, 1.807) is 7.05 Å². The summed E-state index contributed by atoms with van der Waals surface area (Å²) in [5.41, 5.74) is 1.22. The highest BCUT2D eigenvalue weighted by Crippen LogP contribution is 2.22. The average molecular weight is 305 g/mol. The second kappa shape index (κ2) is 7.79. The third-order valence-electron chi connectivity index (χ3n) is 3.81. The fourth-order valence-corrected chi connectivity index (χ4v) is 2.72. The van der Waals surface area contributed by atoms with Crippen LogP contribution in [0.4, 0.5) is 5.69 Å². The molecule has 1 heterocycles. The van der Waals surface area contributed by atoms with Crippen molar-refractivity contribution in [3.8, 4) is 0 Å². The molecule has 0 aromatic heterocycles. The summed E-state index contributed by atoms with van der Waals surface area (Å²) in [5, 5.41) is 11.6. The number of aliphatic carboxylic acids is 1. The minimum Gasteiger partial charge on any atom is -0.480 e. The zero-order chi connectivity index (χ0) is 15.9. The maximum atomic E-state index is 11.8. The van der Waals surface area contributed by atoms with Gasteiger partial charge in [-0.25, -0.2) is 0 Å². The summed E-state index contributed by atoms with van der Waals surface area (Å²) in [6.45, 7) is 2.57. The second-order valence-corrected chi connectivity index (χ2v) is 5.81. The number of carbonyl (C=O) groups excluding carboxylic acids is 1. The predicted octanol–water partition coefficient (Wildman–Crippen LogP) is 0.646. The molecule has 1 unspecified atom stereocenters. The van der Waals surface area contributed by atoms with Crippen LogP contribution in [0.25, 0.3) is 0 Å². The third kappa shape index (κ3) is 5.04. The maximum absolute atomic E-state index is 11.8. The van der Waals surface area contributed by atoms with Crippen LogP contribution in [0.3, 0.4) is 0 Å². The molecular weight excluding hydrogens is 282 g/mol. The van der Waals surface area contributed by atoms with Crippen molar-refractivity contribution in [3.63, 3.8) is 0 Å². The van der Waals surface area contributed by atoms with Crippen LogP contribution in [0, 0.1) is 5.92 Å². The van der Waals surface area contributed by atoms with E-state index < -0.39 is 5.97 Å². The van der Waals surface area contributed by atoms with Crippen molar-refractivity contribution in [2.75, 3.05) is 44.7 Å². The summed E-state index contributed by atoms with van der Waals surface area (Å²) in [6.07, 6.45) is 1.06. The Morgan fingerprint density at radius 2 is 2.05 bits per heavy atom. The molecule has 6 heteroatoms. The first-order valence-corrected chi connectivity index (χ1v) is 7.51. The van der Waals surface area contributed by atoms with Crippen LogP contribution in [0.2, 0.25) is 0 Å². The molecule has 0 saturated carbocycles. The van der Waals surface area contributed by atoms with Gasteiger partial charge in [-0.1, -0.05) is 18.2 Å². The number of nitrogens with zero attached hydrogens (tertiary/aromatic N) is 2. The number of rotatable bonds is 7. The van der Waals surface area contributed by atoms with Crippen LogP contribution in [0.5, 0.6) is 0 Å². The van der Waals surface area contributed by atoms with Crippen LogP contribution in [-0.2, 0) is 9.59 Å². The summed E-state index contributed by atoms with van der Waals surface area (Å²) < 4.78 is 0. The summed E-state index contributed by atoms with van der Waals surface area (Å²) in [6, 6.07) is 10.3. The van der Waals surface area contributed by atoms with Crippen molar-refractivity contribution in [3.05, 3.63) is 30.3 Å². The SMILES string of the molecule is CN(CC(=O)O)CC(=O)NCC1CCN(c2ccccc2)C1. The topological polar surface area (TPSA) is 72.9 Å². The first-order valence-electron chi connectivity index (χ1n) is 7.51. The average Bonchev–Trinajstić information content (AvgIpc) is 2.94. The molecule has 6 nitrogen and oxygen atoms in total. The van der Waals surface area contributed by atoms with Crippen LogP contribution < -0.4 is 10.2 Å². The van der Waals surface area contributed by atoms with Gasteiger partial charge in [0.25, 0.3) is 0 Å². The fourth-order valence-electron chi connectivity index (χ4n) is 2.72. The summed E-state index contributed by atoms with van der Waals surface area (Å²) >= 11 is 0. The highest BCUT2D eigenvalue weighted by atomic mass is 16.4. The Kier molecular flexibility index (Phi) is 5.77. The number of para-hydroxylation sites is 1. The minimum absolute atomic E-state index is 0.113. The standard InChI is InChI=1S/C16H23N3O3/c1-18(12-16(21)22)11-15(20)17-9-13-7-8-19(10-13)14-5-3-2-4-6-14/h2-6,13H,7-12H2,1H3,(H,17,20)(H,21,22). The summed E-state index contributed by atoms with van der Waals surface area (Å²) in [7, 11) is 1.63. The van der Waals surface area contributed by atoms with Gasteiger partial charge in [0.15, 0.2) is 0 Å². The number of carboxylic acids is 1. The number of likely N-dealkylation sites (N-methyl/N-ethyl adjacent to an activating group) is 1. The summed E-state index contributed by atoms with van der Waals surface area (Å²) in [4.78, 5) is 26.1. The first-order chi connectivity index (χ1) is 10.5. The smallest absolute Gasteiger partial charge is 0.317 e. The van der Waals surface area contributed by atoms with E-state index >= 15 is 0 Å². The van der Waals surface area contributed by atoms with E-state index in [2.05, 4.69) is 22.3 Å². The Bertz CT molecular complexity index is 507. The lowest BCUT2D eigenvalue weighted by Crippen LogP contribution is -2.39. The lowest BCUT2D eigenvalue weighted by molar-refractivity contribution is -0.138.